The molecule has 3 rings (SSSR count). The van der Waals surface area contributed by atoms with Gasteiger partial charge in [-0.1, -0.05) is 6.07 Å². The number of carboxylic acids is 1. The highest BCUT2D eigenvalue weighted by atomic mass is 79.9. The number of carbonyl (C=O) groups is 1. The molecular weight excluding hydrogens is 314 g/mol. The van der Waals surface area contributed by atoms with Crippen molar-refractivity contribution in [2.24, 2.45) is 0 Å². The van der Waals surface area contributed by atoms with E-state index in [-0.39, 0.29) is 6.42 Å². The van der Waals surface area contributed by atoms with Crippen molar-refractivity contribution in [1.82, 2.24) is 15.2 Å². The molecule has 1 aromatic carbocycles. The Labute approximate surface area is 115 Å². The standard InChI is InChI=1S/C12H8BrN3O3/c13-11-8(4-10(17)18)15-16-12(11)6-1-2-7-9(3-6)19-5-14-7/h1-3,5H,4H2,(H,15,16)(H,17,18). The first-order valence-corrected chi connectivity index (χ1v) is 6.22. The number of nitrogens with one attached hydrogen (secondary N) is 1. The number of halogens is 1. The van der Waals surface area contributed by atoms with E-state index in [1.54, 1.807) is 0 Å². The Kier molecular flexibility index (Phi) is 2.83. The third-order valence-electron chi connectivity index (χ3n) is 2.71. The Morgan fingerprint density at radius 1 is 1.47 bits per heavy atom. The molecule has 96 valence electrons. The molecule has 2 N–H and O–H groups in total. The van der Waals surface area contributed by atoms with Gasteiger partial charge in [0.25, 0.3) is 0 Å². The second-order valence-corrected chi connectivity index (χ2v) is 4.76. The summed E-state index contributed by atoms with van der Waals surface area (Å²) in [7, 11) is 0. The van der Waals surface area contributed by atoms with Crippen LogP contribution in [-0.2, 0) is 11.2 Å². The lowest BCUT2D eigenvalue weighted by molar-refractivity contribution is -0.136. The van der Waals surface area contributed by atoms with Gasteiger partial charge in [0.1, 0.15) is 11.2 Å². The first-order valence-electron chi connectivity index (χ1n) is 5.43. The molecule has 0 saturated heterocycles. The molecule has 0 aliphatic heterocycles. The van der Waals surface area contributed by atoms with Gasteiger partial charge in [-0.05, 0) is 28.1 Å². The molecule has 0 aliphatic rings. The smallest absolute Gasteiger partial charge is 0.309 e. The number of aromatic nitrogens is 3. The van der Waals surface area contributed by atoms with Crippen molar-refractivity contribution < 1.29 is 14.3 Å². The van der Waals surface area contributed by atoms with E-state index in [2.05, 4.69) is 31.1 Å². The van der Waals surface area contributed by atoms with Crippen molar-refractivity contribution >= 4 is 33.0 Å². The van der Waals surface area contributed by atoms with E-state index in [9.17, 15) is 4.79 Å². The summed E-state index contributed by atoms with van der Waals surface area (Å²) in [6.45, 7) is 0. The predicted molar refractivity (Wildman–Crippen MR) is 70.6 cm³/mol. The lowest BCUT2D eigenvalue weighted by atomic mass is 10.1. The lowest BCUT2D eigenvalue weighted by Crippen LogP contribution is -2.00. The monoisotopic (exact) mass is 321 g/mol. The van der Waals surface area contributed by atoms with Crippen molar-refractivity contribution in [2.45, 2.75) is 6.42 Å². The SMILES string of the molecule is O=C(O)Cc1[nH]nc(-c2ccc3ncoc3c2)c1Br. The number of hydrogen-bond donors (Lipinski definition) is 2. The van der Waals surface area contributed by atoms with E-state index >= 15 is 0 Å². The number of carboxylic acid groups (broad SMARTS) is 1. The van der Waals surface area contributed by atoms with E-state index < -0.39 is 5.97 Å². The molecule has 6 nitrogen and oxygen atoms in total. The molecule has 0 radical (unpaired) electrons. The molecule has 0 saturated carbocycles. The third-order valence-corrected chi connectivity index (χ3v) is 3.56. The Morgan fingerprint density at radius 3 is 3.11 bits per heavy atom. The zero-order valence-electron chi connectivity index (χ0n) is 9.55. The molecule has 2 aromatic heterocycles. The maximum absolute atomic E-state index is 10.7. The van der Waals surface area contributed by atoms with Crippen LogP contribution in [0, 0.1) is 0 Å². The molecule has 0 amide bonds. The van der Waals surface area contributed by atoms with Gasteiger partial charge in [0, 0.05) is 5.56 Å². The van der Waals surface area contributed by atoms with Crippen LogP contribution in [0.1, 0.15) is 5.69 Å². The Bertz CT molecular complexity index is 763. The zero-order valence-corrected chi connectivity index (χ0v) is 11.1. The molecule has 3 aromatic rings. The van der Waals surface area contributed by atoms with Gasteiger partial charge in [0.15, 0.2) is 12.0 Å². The number of H-pyrrole nitrogens is 1. The van der Waals surface area contributed by atoms with Gasteiger partial charge >= 0.3 is 5.97 Å². The molecule has 19 heavy (non-hydrogen) atoms. The number of aromatic amines is 1. The van der Waals surface area contributed by atoms with Gasteiger partial charge in [0.05, 0.1) is 16.6 Å². The minimum Gasteiger partial charge on any atom is -0.481 e. The van der Waals surface area contributed by atoms with Crippen LogP contribution >= 0.6 is 15.9 Å². The summed E-state index contributed by atoms with van der Waals surface area (Å²) in [5.41, 5.74) is 3.42. The van der Waals surface area contributed by atoms with Crippen LogP contribution in [0.3, 0.4) is 0 Å². The van der Waals surface area contributed by atoms with Crippen LogP contribution in [-0.4, -0.2) is 26.3 Å². The van der Waals surface area contributed by atoms with Crippen molar-refractivity contribution in [2.75, 3.05) is 0 Å². The average Bonchev–Trinajstić information content (AvgIpc) is 2.96. The molecule has 0 spiro atoms. The molecule has 0 bridgehead atoms. The quantitative estimate of drug-likeness (QED) is 0.773. The fraction of sp³-hybridized carbons (Fsp3) is 0.0833. The summed E-state index contributed by atoms with van der Waals surface area (Å²) in [4.78, 5) is 14.8. The summed E-state index contributed by atoms with van der Waals surface area (Å²) in [6, 6.07) is 5.50. The molecule has 0 unspecified atom stereocenters. The highest BCUT2D eigenvalue weighted by molar-refractivity contribution is 9.10. The highest BCUT2D eigenvalue weighted by Crippen LogP contribution is 2.30. The van der Waals surface area contributed by atoms with Gasteiger partial charge in [-0.25, -0.2) is 4.98 Å². The number of benzene rings is 1. The Hall–Kier alpha value is -2.15. The van der Waals surface area contributed by atoms with E-state index in [0.717, 1.165) is 11.1 Å². The van der Waals surface area contributed by atoms with Crippen molar-refractivity contribution in [1.29, 1.82) is 0 Å². The summed E-state index contributed by atoms with van der Waals surface area (Å²) < 4.78 is 5.88. The minimum absolute atomic E-state index is 0.113. The van der Waals surface area contributed by atoms with Crippen LogP contribution in [0.25, 0.3) is 22.4 Å². The number of aliphatic carboxylic acids is 1. The first kappa shape index (κ1) is 11.9. The number of fused-ring (bicyclic) bond motifs is 1. The average molecular weight is 322 g/mol. The van der Waals surface area contributed by atoms with Gasteiger partial charge in [-0.15, -0.1) is 0 Å². The van der Waals surface area contributed by atoms with Crippen LogP contribution in [0.4, 0.5) is 0 Å². The third kappa shape index (κ3) is 2.12. The van der Waals surface area contributed by atoms with Crippen LogP contribution in [0.5, 0.6) is 0 Å². The number of hydrogen-bond acceptors (Lipinski definition) is 4. The second kappa shape index (κ2) is 4.51. The number of oxazole rings is 1. The molecular formula is C12H8BrN3O3. The number of rotatable bonds is 3. The fourth-order valence-corrected chi connectivity index (χ4v) is 2.37. The largest absolute Gasteiger partial charge is 0.481 e. The summed E-state index contributed by atoms with van der Waals surface area (Å²) >= 11 is 3.37. The topological polar surface area (TPSA) is 92.0 Å². The van der Waals surface area contributed by atoms with Gasteiger partial charge in [-0.2, -0.15) is 5.10 Å². The van der Waals surface area contributed by atoms with Crippen molar-refractivity contribution in [3.63, 3.8) is 0 Å². The van der Waals surface area contributed by atoms with E-state index in [4.69, 9.17) is 9.52 Å². The summed E-state index contributed by atoms with van der Waals surface area (Å²) in [5.74, 6) is -0.915. The maximum Gasteiger partial charge on any atom is 0.309 e. The van der Waals surface area contributed by atoms with E-state index in [0.29, 0.717) is 21.4 Å². The van der Waals surface area contributed by atoms with E-state index in [1.807, 2.05) is 18.2 Å². The summed E-state index contributed by atoms with van der Waals surface area (Å²) in [6.07, 6.45) is 1.27. The van der Waals surface area contributed by atoms with Crippen molar-refractivity contribution in [3.05, 3.63) is 34.8 Å². The summed E-state index contributed by atoms with van der Waals surface area (Å²) in [5, 5.41) is 15.6. The zero-order chi connectivity index (χ0) is 13.4. The molecule has 0 fully saturated rings. The van der Waals surface area contributed by atoms with Crippen LogP contribution < -0.4 is 0 Å². The first-order chi connectivity index (χ1) is 9.15. The lowest BCUT2D eigenvalue weighted by Gasteiger charge is -1.98. The second-order valence-electron chi connectivity index (χ2n) is 3.97. The molecule has 0 aliphatic carbocycles. The van der Waals surface area contributed by atoms with Crippen LogP contribution in [0.15, 0.2) is 33.5 Å². The molecule has 7 heteroatoms. The molecule has 0 atom stereocenters. The number of nitrogens with zero attached hydrogens (tertiary/aromatic N) is 2. The van der Waals surface area contributed by atoms with Gasteiger partial charge < -0.3 is 9.52 Å². The van der Waals surface area contributed by atoms with Gasteiger partial charge in [0.2, 0.25) is 0 Å². The predicted octanol–water partition coefficient (Wildman–Crippen LogP) is 2.61. The molecule has 2 heterocycles. The Morgan fingerprint density at radius 2 is 2.32 bits per heavy atom. The minimum atomic E-state index is -0.915. The normalized spacial score (nSPS) is 11.0. The maximum atomic E-state index is 10.7. The highest BCUT2D eigenvalue weighted by Gasteiger charge is 2.15. The van der Waals surface area contributed by atoms with E-state index in [1.165, 1.54) is 6.39 Å². The fourth-order valence-electron chi connectivity index (χ4n) is 1.83. The Balaban J connectivity index is 2.05. The van der Waals surface area contributed by atoms with Crippen molar-refractivity contribution in [3.8, 4) is 11.3 Å². The van der Waals surface area contributed by atoms with Gasteiger partial charge in [-0.3, -0.25) is 9.89 Å². The van der Waals surface area contributed by atoms with Crippen LogP contribution in [0.2, 0.25) is 0 Å².